The van der Waals surface area contributed by atoms with Crippen LogP contribution < -0.4 is 0 Å². The van der Waals surface area contributed by atoms with Gasteiger partial charge in [-0.1, -0.05) is 12.1 Å². The highest BCUT2D eigenvalue weighted by Gasteiger charge is 2.37. The van der Waals surface area contributed by atoms with E-state index < -0.39 is 5.60 Å². The van der Waals surface area contributed by atoms with Gasteiger partial charge in [-0.05, 0) is 44.9 Å². The third kappa shape index (κ3) is 4.41. The van der Waals surface area contributed by atoms with Crippen molar-refractivity contribution in [1.29, 1.82) is 0 Å². The highest BCUT2D eigenvalue weighted by molar-refractivity contribution is 5.92. The number of esters is 1. The van der Waals surface area contributed by atoms with Gasteiger partial charge in [0.25, 0.3) is 0 Å². The summed E-state index contributed by atoms with van der Waals surface area (Å²) in [5.74, 6) is -0.242. The molecule has 1 aromatic carbocycles. The lowest BCUT2D eigenvalue weighted by molar-refractivity contribution is -0.0906. The van der Waals surface area contributed by atoms with Gasteiger partial charge in [-0.25, -0.2) is 9.59 Å². The summed E-state index contributed by atoms with van der Waals surface area (Å²) in [5.41, 5.74) is 2.30. The Morgan fingerprint density at radius 3 is 2.76 bits per heavy atom. The standard InChI is InChI=1S/C22H30N2O5/c1-14-9-16-10-15(5-6-18(16)20(25)28-14)19-12-23-7-8-24(11-17(23)13-27-19)21(26)29-22(2,3)4/h5-6,10,14,17,19H,7-9,11-13H2,1-4H3/t14-,17+,19+/m0/s1. The minimum atomic E-state index is -0.487. The second-order valence-corrected chi connectivity index (χ2v) is 9.23. The predicted molar refractivity (Wildman–Crippen MR) is 107 cm³/mol. The number of piperazine rings is 1. The molecule has 7 nitrogen and oxygen atoms in total. The van der Waals surface area contributed by atoms with Gasteiger partial charge in [0.2, 0.25) is 0 Å². The Hall–Kier alpha value is -2.12. The molecule has 0 aliphatic carbocycles. The van der Waals surface area contributed by atoms with Gasteiger partial charge in [-0.3, -0.25) is 4.90 Å². The first-order chi connectivity index (χ1) is 13.7. The van der Waals surface area contributed by atoms with Gasteiger partial charge in [0.1, 0.15) is 11.7 Å². The third-order valence-corrected chi connectivity index (χ3v) is 5.68. The number of hydrogen-bond acceptors (Lipinski definition) is 6. The number of hydrogen-bond donors (Lipinski definition) is 0. The van der Waals surface area contributed by atoms with Gasteiger partial charge in [0, 0.05) is 32.6 Å². The average molecular weight is 402 g/mol. The lowest BCUT2D eigenvalue weighted by atomic mass is 9.94. The number of ether oxygens (including phenoxy) is 3. The Labute approximate surface area is 171 Å². The van der Waals surface area contributed by atoms with Crippen LogP contribution in [0.2, 0.25) is 0 Å². The van der Waals surface area contributed by atoms with Gasteiger partial charge in [-0.15, -0.1) is 0 Å². The van der Waals surface area contributed by atoms with Crippen molar-refractivity contribution in [1.82, 2.24) is 9.80 Å². The summed E-state index contributed by atoms with van der Waals surface area (Å²) in [7, 11) is 0. The maximum Gasteiger partial charge on any atom is 0.410 e. The number of fused-ring (bicyclic) bond motifs is 2. The molecule has 2 fully saturated rings. The van der Waals surface area contributed by atoms with Crippen molar-refractivity contribution in [2.24, 2.45) is 0 Å². The Balaban J connectivity index is 1.40. The van der Waals surface area contributed by atoms with E-state index in [-0.39, 0.29) is 30.3 Å². The molecule has 1 aromatic rings. The van der Waals surface area contributed by atoms with Crippen molar-refractivity contribution in [3.63, 3.8) is 0 Å². The molecular formula is C22H30N2O5. The molecule has 0 bridgehead atoms. The Kier molecular flexibility index (Phi) is 5.29. The van der Waals surface area contributed by atoms with Crippen molar-refractivity contribution in [2.45, 2.75) is 58.0 Å². The van der Waals surface area contributed by atoms with Crippen LogP contribution in [-0.4, -0.2) is 72.4 Å². The van der Waals surface area contributed by atoms with Crippen molar-refractivity contribution in [3.8, 4) is 0 Å². The molecule has 29 heavy (non-hydrogen) atoms. The molecule has 0 saturated carbocycles. The molecule has 158 valence electrons. The van der Waals surface area contributed by atoms with Gasteiger partial charge >= 0.3 is 12.1 Å². The summed E-state index contributed by atoms with van der Waals surface area (Å²) in [6.45, 7) is 11.0. The fraction of sp³-hybridized carbons (Fsp3) is 0.636. The second kappa shape index (κ2) is 7.61. The molecule has 7 heteroatoms. The van der Waals surface area contributed by atoms with Crippen LogP contribution in [0, 0.1) is 0 Å². The van der Waals surface area contributed by atoms with Crippen molar-refractivity contribution < 1.29 is 23.8 Å². The lowest BCUT2D eigenvalue weighted by Gasteiger charge is -2.46. The summed E-state index contributed by atoms with van der Waals surface area (Å²) in [6.07, 6.45) is 0.356. The number of cyclic esters (lactones) is 1. The minimum absolute atomic E-state index is 0.0297. The molecule has 3 heterocycles. The zero-order valence-electron chi connectivity index (χ0n) is 17.6. The average Bonchev–Trinajstić information content (AvgIpc) is 2.65. The number of rotatable bonds is 1. The van der Waals surface area contributed by atoms with Crippen molar-refractivity contribution >= 4 is 12.1 Å². The molecule has 0 spiro atoms. The van der Waals surface area contributed by atoms with E-state index in [0.29, 0.717) is 25.3 Å². The largest absolute Gasteiger partial charge is 0.459 e. The van der Waals surface area contributed by atoms with Crippen LogP contribution in [0.5, 0.6) is 0 Å². The molecule has 3 aliphatic rings. The highest BCUT2D eigenvalue weighted by Crippen LogP contribution is 2.30. The normalized spacial score (nSPS) is 27.7. The molecule has 1 amide bonds. The lowest BCUT2D eigenvalue weighted by Crippen LogP contribution is -2.60. The van der Waals surface area contributed by atoms with Gasteiger partial charge in [0.05, 0.1) is 24.3 Å². The van der Waals surface area contributed by atoms with E-state index in [1.165, 1.54) is 0 Å². The van der Waals surface area contributed by atoms with E-state index in [2.05, 4.69) is 11.0 Å². The first kappa shape index (κ1) is 20.2. The zero-order valence-corrected chi connectivity index (χ0v) is 17.6. The van der Waals surface area contributed by atoms with Crippen LogP contribution in [0.25, 0.3) is 0 Å². The molecule has 0 N–H and O–H groups in total. The molecule has 3 aliphatic heterocycles. The summed E-state index contributed by atoms with van der Waals surface area (Å²) in [4.78, 5) is 28.6. The predicted octanol–water partition coefficient (Wildman–Crippen LogP) is 2.78. The van der Waals surface area contributed by atoms with E-state index in [1.807, 2.05) is 39.8 Å². The fourth-order valence-electron chi connectivity index (χ4n) is 4.26. The summed E-state index contributed by atoms with van der Waals surface area (Å²) >= 11 is 0. The Morgan fingerprint density at radius 1 is 1.21 bits per heavy atom. The van der Waals surface area contributed by atoms with E-state index >= 15 is 0 Å². The molecule has 0 radical (unpaired) electrons. The van der Waals surface area contributed by atoms with Gasteiger partial charge < -0.3 is 19.1 Å². The van der Waals surface area contributed by atoms with Crippen molar-refractivity contribution in [3.05, 3.63) is 34.9 Å². The first-order valence-corrected chi connectivity index (χ1v) is 10.4. The van der Waals surface area contributed by atoms with Crippen LogP contribution in [0.4, 0.5) is 4.79 Å². The number of amides is 1. The molecule has 0 unspecified atom stereocenters. The SMILES string of the molecule is C[C@H]1Cc2cc([C@H]3CN4CCN(C(=O)OC(C)(C)C)C[C@@H]4CO3)ccc2C(=O)O1. The molecule has 4 rings (SSSR count). The maximum atomic E-state index is 12.4. The third-order valence-electron chi connectivity index (χ3n) is 5.68. The number of nitrogens with zero attached hydrogens (tertiary/aromatic N) is 2. The van der Waals surface area contributed by atoms with Gasteiger partial charge in [0.15, 0.2) is 0 Å². The highest BCUT2D eigenvalue weighted by atomic mass is 16.6. The summed E-state index contributed by atoms with van der Waals surface area (Å²) < 4.78 is 17.0. The molecular weight excluding hydrogens is 372 g/mol. The molecule has 0 aromatic heterocycles. The van der Waals surface area contributed by atoms with E-state index in [1.54, 1.807) is 4.90 Å². The number of benzene rings is 1. The van der Waals surface area contributed by atoms with E-state index in [0.717, 1.165) is 30.6 Å². The topological polar surface area (TPSA) is 68.3 Å². The number of carbonyl (C=O) groups excluding carboxylic acids is 2. The number of carbonyl (C=O) groups is 2. The molecule has 2 saturated heterocycles. The smallest absolute Gasteiger partial charge is 0.410 e. The first-order valence-electron chi connectivity index (χ1n) is 10.4. The van der Waals surface area contributed by atoms with E-state index in [9.17, 15) is 9.59 Å². The Bertz CT molecular complexity index is 803. The van der Waals surface area contributed by atoms with Crippen LogP contribution in [0.15, 0.2) is 18.2 Å². The van der Waals surface area contributed by atoms with Gasteiger partial charge in [-0.2, -0.15) is 0 Å². The van der Waals surface area contributed by atoms with Crippen LogP contribution in [0.3, 0.4) is 0 Å². The summed E-state index contributed by atoms with van der Waals surface area (Å²) in [5, 5.41) is 0. The van der Waals surface area contributed by atoms with Crippen LogP contribution in [0.1, 0.15) is 55.3 Å². The Morgan fingerprint density at radius 2 is 2.00 bits per heavy atom. The fourth-order valence-corrected chi connectivity index (χ4v) is 4.26. The van der Waals surface area contributed by atoms with Crippen molar-refractivity contribution in [2.75, 3.05) is 32.8 Å². The van der Waals surface area contributed by atoms with E-state index in [4.69, 9.17) is 14.2 Å². The zero-order chi connectivity index (χ0) is 20.8. The quantitative estimate of drug-likeness (QED) is 0.673. The summed E-state index contributed by atoms with van der Waals surface area (Å²) in [6, 6.07) is 6.10. The molecule has 3 atom stereocenters. The van der Waals surface area contributed by atoms with Crippen LogP contribution in [-0.2, 0) is 20.6 Å². The van der Waals surface area contributed by atoms with Crippen LogP contribution >= 0.6 is 0 Å². The second-order valence-electron chi connectivity index (χ2n) is 9.23. The maximum absolute atomic E-state index is 12.4. The number of morpholine rings is 1. The monoisotopic (exact) mass is 402 g/mol. The minimum Gasteiger partial charge on any atom is -0.459 e.